The minimum Gasteiger partial charge on any atom is -0.461 e. The van der Waals surface area contributed by atoms with E-state index in [0.29, 0.717) is 21.9 Å². The summed E-state index contributed by atoms with van der Waals surface area (Å²) in [7, 11) is 0. The summed E-state index contributed by atoms with van der Waals surface area (Å²) in [5.41, 5.74) is 1.48. The summed E-state index contributed by atoms with van der Waals surface area (Å²) in [6.07, 6.45) is 1.59. The van der Waals surface area contributed by atoms with Gasteiger partial charge in [0.25, 0.3) is 0 Å². The van der Waals surface area contributed by atoms with E-state index in [4.69, 9.17) is 21.6 Å². The van der Waals surface area contributed by atoms with E-state index >= 15 is 0 Å². The second-order valence-corrected chi connectivity index (χ2v) is 5.38. The van der Waals surface area contributed by atoms with Crippen LogP contribution in [0.5, 0.6) is 0 Å². The molecule has 2 aromatic heterocycles. The Morgan fingerprint density at radius 2 is 2.20 bits per heavy atom. The highest BCUT2D eigenvalue weighted by atomic mass is 35.5. The lowest BCUT2D eigenvalue weighted by atomic mass is 10.2. The maximum atomic E-state index is 12.2. The average Bonchev–Trinajstić information content (AvgIpc) is 2.98. The van der Waals surface area contributed by atoms with E-state index in [-0.39, 0.29) is 18.1 Å². The van der Waals surface area contributed by atoms with Crippen molar-refractivity contribution in [1.29, 1.82) is 5.26 Å². The van der Waals surface area contributed by atoms with Gasteiger partial charge in [0.15, 0.2) is 11.5 Å². The van der Waals surface area contributed by atoms with Crippen molar-refractivity contribution >= 4 is 34.7 Å². The number of azo groups is 1. The van der Waals surface area contributed by atoms with Crippen LogP contribution in [0.2, 0.25) is 5.02 Å². The SMILES string of the molecule is CCOC(=O)c1nc2ccc(Cl)cn2c1N=Nc1cccc(C#N)c1. The van der Waals surface area contributed by atoms with Crippen LogP contribution in [0, 0.1) is 11.3 Å². The molecular weight excluding hydrogens is 342 g/mol. The lowest BCUT2D eigenvalue weighted by Crippen LogP contribution is -2.05. The van der Waals surface area contributed by atoms with E-state index < -0.39 is 5.97 Å². The van der Waals surface area contributed by atoms with Gasteiger partial charge >= 0.3 is 5.97 Å². The molecule has 0 unspecified atom stereocenters. The zero-order chi connectivity index (χ0) is 17.8. The number of carbonyl (C=O) groups is 1. The van der Waals surface area contributed by atoms with Crippen LogP contribution >= 0.6 is 11.6 Å². The van der Waals surface area contributed by atoms with Crippen molar-refractivity contribution in [2.45, 2.75) is 6.92 Å². The predicted octanol–water partition coefficient (Wildman–Crippen LogP) is 4.45. The number of nitriles is 1. The molecule has 25 heavy (non-hydrogen) atoms. The first-order chi connectivity index (χ1) is 12.1. The first kappa shape index (κ1) is 16.6. The van der Waals surface area contributed by atoms with Crippen LogP contribution in [-0.4, -0.2) is 22.0 Å². The Hall–Kier alpha value is -3.24. The molecule has 0 saturated heterocycles. The Morgan fingerprint density at radius 1 is 1.36 bits per heavy atom. The van der Waals surface area contributed by atoms with Gasteiger partial charge in [-0.1, -0.05) is 17.7 Å². The molecule has 8 heteroatoms. The Bertz CT molecular complexity index is 1020. The number of carbonyl (C=O) groups excluding carboxylic acids is 1. The highest BCUT2D eigenvalue weighted by molar-refractivity contribution is 6.30. The molecule has 0 radical (unpaired) electrons. The predicted molar refractivity (Wildman–Crippen MR) is 91.5 cm³/mol. The van der Waals surface area contributed by atoms with E-state index in [1.165, 1.54) is 0 Å². The number of esters is 1. The molecule has 0 aliphatic heterocycles. The summed E-state index contributed by atoms with van der Waals surface area (Å²) < 4.78 is 6.59. The lowest BCUT2D eigenvalue weighted by molar-refractivity contribution is 0.0521. The fourth-order valence-electron chi connectivity index (χ4n) is 2.18. The molecular formula is C17H12ClN5O2. The minimum absolute atomic E-state index is 0.0457. The van der Waals surface area contributed by atoms with Gasteiger partial charge in [-0.25, -0.2) is 9.78 Å². The average molecular weight is 354 g/mol. The number of benzene rings is 1. The van der Waals surface area contributed by atoms with Crippen molar-refractivity contribution in [1.82, 2.24) is 9.38 Å². The fourth-order valence-corrected chi connectivity index (χ4v) is 2.34. The van der Waals surface area contributed by atoms with Crippen LogP contribution in [0.25, 0.3) is 5.65 Å². The van der Waals surface area contributed by atoms with Crippen molar-refractivity contribution in [3.63, 3.8) is 0 Å². The first-order valence-corrected chi connectivity index (χ1v) is 7.77. The number of nitrogens with zero attached hydrogens (tertiary/aromatic N) is 5. The van der Waals surface area contributed by atoms with Gasteiger partial charge in [-0.15, -0.1) is 10.2 Å². The molecule has 0 spiro atoms. The first-order valence-electron chi connectivity index (χ1n) is 7.39. The summed E-state index contributed by atoms with van der Waals surface area (Å²) in [5.74, 6) is -0.389. The number of hydrogen-bond donors (Lipinski definition) is 0. The van der Waals surface area contributed by atoms with Gasteiger partial charge in [-0.3, -0.25) is 4.40 Å². The van der Waals surface area contributed by atoms with E-state index in [1.54, 1.807) is 53.9 Å². The monoisotopic (exact) mass is 353 g/mol. The minimum atomic E-state index is -0.595. The van der Waals surface area contributed by atoms with Gasteiger partial charge in [0.1, 0.15) is 5.65 Å². The molecule has 0 saturated carbocycles. The van der Waals surface area contributed by atoms with Crippen LogP contribution in [-0.2, 0) is 4.74 Å². The second kappa shape index (κ2) is 7.11. The van der Waals surface area contributed by atoms with E-state index in [1.807, 2.05) is 6.07 Å². The largest absolute Gasteiger partial charge is 0.461 e. The molecule has 0 fully saturated rings. The molecule has 3 rings (SSSR count). The maximum Gasteiger partial charge on any atom is 0.360 e. The highest BCUT2D eigenvalue weighted by Crippen LogP contribution is 2.26. The standard InChI is InChI=1S/C17H12ClN5O2/c1-2-25-17(24)15-16(23-10-12(18)6-7-14(23)20-15)22-21-13-5-3-4-11(8-13)9-19/h3-8,10H,2H2,1H3. The van der Waals surface area contributed by atoms with E-state index in [2.05, 4.69) is 15.2 Å². The van der Waals surface area contributed by atoms with Crippen molar-refractivity contribution in [2.75, 3.05) is 6.61 Å². The third kappa shape index (κ3) is 3.49. The van der Waals surface area contributed by atoms with Crippen molar-refractivity contribution in [2.24, 2.45) is 10.2 Å². The Balaban J connectivity index is 2.10. The van der Waals surface area contributed by atoms with E-state index in [9.17, 15) is 4.79 Å². The topological polar surface area (TPSA) is 92.1 Å². The summed E-state index contributed by atoms with van der Waals surface area (Å²) in [6.45, 7) is 1.92. The zero-order valence-corrected chi connectivity index (χ0v) is 13.9. The fraction of sp³-hybridized carbons (Fsp3) is 0.118. The number of pyridine rings is 1. The van der Waals surface area contributed by atoms with E-state index in [0.717, 1.165) is 0 Å². The molecule has 124 valence electrons. The third-order valence-electron chi connectivity index (χ3n) is 3.26. The van der Waals surface area contributed by atoms with Crippen LogP contribution in [0.3, 0.4) is 0 Å². The molecule has 7 nitrogen and oxygen atoms in total. The van der Waals surface area contributed by atoms with Gasteiger partial charge in [0, 0.05) is 6.20 Å². The number of fused-ring (bicyclic) bond motifs is 1. The van der Waals surface area contributed by atoms with Gasteiger partial charge in [0.05, 0.1) is 28.9 Å². The number of ether oxygens (including phenoxy) is 1. The van der Waals surface area contributed by atoms with Crippen molar-refractivity contribution < 1.29 is 9.53 Å². The Kier molecular flexibility index (Phi) is 4.73. The molecule has 0 atom stereocenters. The summed E-state index contributed by atoms with van der Waals surface area (Å²) in [4.78, 5) is 16.4. The molecule has 0 amide bonds. The molecule has 0 bridgehead atoms. The van der Waals surface area contributed by atoms with Gasteiger partial charge in [-0.05, 0) is 37.3 Å². The molecule has 2 heterocycles. The van der Waals surface area contributed by atoms with Gasteiger partial charge < -0.3 is 4.74 Å². The summed E-state index contributed by atoms with van der Waals surface area (Å²) in [5, 5.41) is 17.7. The number of aromatic nitrogens is 2. The molecule has 1 aromatic carbocycles. The highest BCUT2D eigenvalue weighted by Gasteiger charge is 2.20. The number of halogens is 1. The quantitative estimate of drug-likeness (QED) is 0.511. The summed E-state index contributed by atoms with van der Waals surface area (Å²) in [6, 6.07) is 12.0. The zero-order valence-electron chi connectivity index (χ0n) is 13.2. The van der Waals surface area contributed by atoms with Gasteiger partial charge in [0.2, 0.25) is 0 Å². The van der Waals surface area contributed by atoms with Crippen LogP contribution < -0.4 is 0 Å². The number of rotatable bonds is 4. The lowest BCUT2D eigenvalue weighted by Gasteiger charge is -2.00. The van der Waals surface area contributed by atoms with Crippen molar-refractivity contribution in [3.05, 3.63) is 58.9 Å². The maximum absolute atomic E-state index is 12.2. The van der Waals surface area contributed by atoms with Crippen LogP contribution in [0.4, 0.5) is 11.5 Å². The van der Waals surface area contributed by atoms with Crippen molar-refractivity contribution in [3.8, 4) is 6.07 Å². The molecule has 3 aromatic rings. The van der Waals surface area contributed by atoms with Crippen LogP contribution in [0.1, 0.15) is 23.0 Å². The van der Waals surface area contributed by atoms with Crippen LogP contribution in [0.15, 0.2) is 52.8 Å². The molecule has 0 aliphatic rings. The Morgan fingerprint density at radius 3 is 2.96 bits per heavy atom. The molecule has 0 N–H and O–H groups in total. The number of imidazole rings is 1. The Labute approximate surface area is 148 Å². The second-order valence-electron chi connectivity index (χ2n) is 4.94. The smallest absolute Gasteiger partial charge is 0.360 e. The third-order valence-corrected chi connectivity index (χ3v) is 3.49. The van der Waals surface area contributed by atoms with Gasteiger partial charge in [-0.2, -0.15) is 5.26 Å². The summed E-state index contributed by atoms with van der Waals surface area (Å²) >= 11 is 6.02. The molecule has 0 aliphatic carbocycles. The number of hydrogen-bond acceptors (Lipinski definition) is 6. The normalized spacial score (nSPS) is 10.9.